The summed E-state index contributed by atoms with van der Waals surface area (Å²) in [6.07, 6.45) is 0. The third kappa shape index (κ3) is 4.95. The molecule has 0 unspecified atom stereocenters. The SMILES string of the molecule is CN(CC(=O)N1CCN(C(=O)c2ccc(Cl)cc2)CC1)S(=O)(=O)c1ccccc1. The zero-order valence-corrected chi connectivity index (χ0v) is 17.6. The van der Waals surface area contributed by atoms with Crippen molar-refractivity contribution in [3.63, 3.8) is 0 Å². The number of hydrogen-bond acceptors (Lipinski definition) is 4. The fourth-order valence-electron chi connectivity index (χ4n) is 3.08. The molecule has 2 aromatic rings. The Morgan fingerprint density at radius 1 is 0.931 bits per heavy atom. The summed E-state index contributed by atoms with van der Waals surface area (Å²) in [5.41, 5.74) is 0.544. The smallest absolute Gasteiger partial charge is 0.253 e. The fraction of sp³-hybridized carbons (Fsp3) is 0.300. The topological polar surface area (TPSA) is 78.0 Å². The lowest BCUT2D eigenvalue weighted by Crippen LogP contribution is -2.52. The van der Waals surface area contributed by atoms with Crippen LogP contribution in [0.25, 0.3) is 0 Å². The van der Waals surface area contributed by atoms with E-state index < -0.39 is 10.0 Å². The van der Waals surface area contributed by atoms with Gasteiger partial charge in [-0.3, -0.25) is 9.59 Å². The van der Waals surface area contributed by atoms with Crippen LogP contribution in [-0.2, 0) is 14.8 Å². The number of rotatable bonds is 5. The highest BCUT2D eigenvalue weighted by atomic mass is 35.5. The van der Waals surface area contributed by atoms with E-state index in [1.54, 1.807) is 52.3 Å². The number of sulfonamides is 1. The van der Waals surface area contributed by atoms with Crippen molar-refractivity contribution in [3.05, 3.63) is 65.2 Å². The summed E-state index contributed by atoms with van der Waals surface area (Å²) in [7, 11) is -2.34. The van der Waals surface area contributed by atoms with Crippen LogP contribution in [0.2, 0.25) is 5.02 Å². The van der Waals surface area contributed by atoms with Crippen molar-refractivity contribution in [3.8, 4) is 0 Å². The summed E-state index contributed by atoms with van der Waals surface area (Å²) >= 11 is 5.85. The Hall–Kier alpha value is -2.42. The molecule has 1 fully saturated rings. The molecule has 29 heavy (non-hydrogen) atoms. The van der Waals surface area contributed by atoms with Gasteiger partial charge in [-0.25, -0.2) is 8.42 Å². The Morgan fingerprint density at radius 3 is 2.07 bits per heavy atom. The van der Waals surface area contributed by atoms with Crippen molar-refractivity contribution in [1.82, 2.24) is 14.1 Å². The molecule has 0 aliphatic carbocycles. The minimum absolute atomic E-state index is 0.113. The Balaban J connectivity index is 1.56. The first-order valence-corrected chi connectivity index (χ1v) is 10.9. The van der Waals surface area contributed by atoms with Crippen LogP contribution in [0.1, 0.15) is 10.4 Å². The van der Waals surface area contributed by atoms with Crippen LogP contribution < -0.4 is 0 Å². The average Bonchev–Trinajstić information content (AvgIpc) is 2.74. The summed E-state index contributed by atoms with van der Waals surface area (Å²) < 4.78 is 26.2. The number of halogens is 1. The molecule has 0 saturated carbocycles. The van der Waals surface area contributed by atoms with Crippen molar-refractivity contribution in [2.75, 3.05) is 39.8 Å². The highest BCUT2D eigenvalue weighted by molar-refractivity contribution is 7.89. The number of benzene rings is 2. The van der Waals surface area contributed by atoms with Gasteiger partial charge in [0.25, 0.3) is 5.91 Å². The van der Waals surface area contributed by atoms with Gasteiger partial charge in [-0.15, -0.1) is 0 Å². The maximum atomic E-state index is 12.6. The molecule has 1 heterocycles. The van der Waals surface area contributed by atoms with Crippen LogP contribution in [0.5, 0.6) is 0 Å². The standard InChI is InChI=1S/C20H22ClN3O4S/c1-22(29(27,28)18-5-3-2-4-6-18)15-19(25)23-11-13-24(14-12-23)20(26)16-7-9-17(21)10-8-16/h2-10H,11-15H2,1H3. The Labute approximate surface area is 175 Å². The van der Waals surface area contributed by atoms with E-state index in [1.807, 2.05) is 0 Å². The summed E-state index contributed by atoms with van der Waals surface area (Å²) in [6, 6.07) is 14.7. The number of piperazine rings is 1. The molecule has 0 atom stereocenters. The second kappa shape index (κ2) is 8.94. The molecular weight excluding hydrogens is 414 g/mol. The van der Waals surface area contributed by atoms with Crippen LogP contribution in [0.4, 0.5) is 0 Å². The van der Waals surface area contributed by atoms with Crippen LogP contribution in [0.3, 0.4) is 0 Å². The summed E-state index contributed by atoms with van der Waals surface area (Å²) in [5, 5.41) is 0.562. The molecule has 1 saturated heterocycles. The van der Waals surface area contributed by atoms with Gasteiger partial charge in [0.2, 0.25) is 15.9 Å². The molecule has 9 heteroatoms. The lowest BCUT2D eigenvalue weighted by atomic mass is 10.2. The second-order valence-electron chi connectivity index (χ2n) is 6.75. The second-order valence-corrected chi connectivity index (χ2v) is 9.24. The molecule has 1 aliphatic heterocycles. The zero-order chi connectivity index (χ0) is 21.0. The lowest BCUT2D eigenvalue weighted by molar-refractivity contribution is -0.132. The maximum absolute atomic E-state index is 12.6. The van der Waals surface area contributed by atoms with Gasteiger partial charge in [0.15, 0.2) is 0 Å². The monoisotopic (exact) mass is 435 g/mol. The van der Waals surface area contributed by atoms with Gasteiger partial charge >= 0.3 is 0 Å². The van der Waals surface area contributed by atoms with Crippen LogP contribution in [-0.4, -0.2) is 74.1 Å². The highest BCUT2D eigenvalue weighted by Gasteiger charge is 2.28. The van der Waals surface area contributed by atoms with Crippen molar-refractivity contribution in [1.29, 1.82) is 0 Å². The first kappa shape index (κ1) is 21.3. The van der Waals surface area contributed by atoms with E-state index >= 15 is 0 Å². The van der Waals surface area contributed by atoms with Crippen molar-refractivity contribution in [2.45, 2.75) is 4.90 Å². The first-order valence-electron chi connectivity index (χ1n) is 9.13. The minimum atomic E-state index is -3.73. The summed E-state index contributed by atoms with van der Waals surface area (Å²) in [6.45, 7) is 1.25. The number of nitrogens with zero attached hydrogens (tertiary/aromatic N) is 3. The molecule has 0 aromatic heterocycles. The van der Waals surface area contributed by atoms with Gasteiger partial charge in [0, 0.05) is 43.8 Å². The lowest BCUT2D eigenvalue weighted by Gasteiger charge is -2.35. The molecule has 0 spiro atoms. The van der Waals surface area contributed by atoms with Gasteiger partial charge in [-0.1, -0.05) is 29.8 Å². The first-order chi connectivity index (χ1) is 13.8. The van der Waals surface area contributed by atoms with Gasteiger partial charge in [0.1, 0.15) is 0 Å². The van der Waals surface area contributed by atoms with E-state index in [1.165, 1.54) is 19.2 Å². The molecule has 1 aliphatic rings. The molecule has 0 bridgehead atoms. The van der Waals surface area contributed by atoms with E-state index in [2.05, 4.69) is 0 Å². The number of carbonyl (C=O) groups excluding carboxylic acids is 2. The highest BCUT2D eigenvalue weighted by Crippen LogP contribution is 2.15. The average molecular weight is 436 g/mol. The van der Waals surface area contributed by atoms with E-state index in [4.69, 9.17) is 11.6 Å². The number of hydrogen-bond donors (Lipinski definition) is 0. The summed E-state index contributed by atoms with van der Waals surface area (Å²) in [5.74, 6) is -0.400. The van der Waals surface area contributed by atoms with Gasteiger partial charge < -0.3 is 9.80 Å². The predicted octanol–water partition coefficient (Wildman–Crippen LogP) is 1.95. The number of carbonyl (C=O) groups is 2. The minimum Gasteiger partial charge on any atom is -0.338 e. The molecule has 2 amide bonds. The molecule has 2 aromatic carbocycles. The zero-order valence-electron chi connectivity index (χ0n) is 16.0. The predicted molar refractivity (Wildman–Crippen MR) is 110 cm³/mol. The van der Waals surface area contributed by atoms with E-state index in [0.717, 1.165) is 4.31 Å². The van der Waals surface area contributed by atoms with Gasteiger partial charge in [0.05, 0.1) is 11.4 Å². The maximum Gasteiger partial charge on any atom is 0.253 e. The molecule has 154 valence electrons. The van der Waals surface area contributed by atoms with Crippen LogP contribution in [0, 0.1) is 0 Å². The third-order valence-corrected chi connectivity index (χ3v) is 6.89. The quantitative estimate of drug-likeness (QED) is 0.719. The van der Waals surface area contributed by atoms with Crippen LogP contribution in [0.15, 0.2) is 59.5 Å². The Kier molecular flexibility index (Phi) is 6.56. The van der Waals surface area contributed by atoms with Crippen molar-refractivity contribution in [2.24, 2.45) is 0 Å². The normalized spacial score (nSPS) is 14.9. The Bertz CT molecular complexity index is 973. The Morgan fingerprint density at radius 2 is 1.48 bits per heavy atom. The van der Waals surface area contributed by atoms with Gasteiger partial charge in [-0.05, 0) is 36.4 Å². The van der Waals surface area contributed by atoms with E-state index in [0.29, 0.717) is 36.8 Å². The molecule has 7 nitrogen and oxygen atoms in total. The van der Waals surface area contributed by atoms with E-state index in [-0.39, 0.29) is 23.3 Å². The van der Waals surface area contributed by atoms with Crippen LogP contribution >= 0.6 is 11.6 Å². The molecule has 0 N–H and O–H groups in total. The summed E-state index contributed by atoms with van der Waals surface area (Å²) in [4.78, 5) is 28.5. The molecule has 0 radical (unpaired) electrons. The molecule has 3 rings (SSSR count). The van der Waals surface area contributed by atoms with Gasteiger partial charge in [-0.2, -0.15) is 4.31 Å². The number of amides is 2. The van der Waals surface area contributed by atoms with Crippen molar-refractivity contribution < 1.29 is 18.0 Å². The fourth-order valence-corrected chi connectivity index (χ4v) is 4.35. The number of likely N-dealkylation sites (N-methyl/N-ethyl adjacent to an activating group) is 1. The van der Waals surface area contributed by atoms with E-state index in [9.17, 15) is 18.0 Å². The molecular formula is C20H22ClN3O4S. The third-order valence-electron chi connectivity index (χ3n) is 4.82. The largest absolute Gasteiger partial charge is 0.338 e. The van der Waals surface area contributed by atoms with Crippen molar-refractivity contribution >= 4 is 33.4 Å².